The maximum atomic E-state index is 14.9. The number of hydrogen-bond donors (Lipinski definition) is 4. The average molecular weight is 847 g/mol. The zero-order chi connectivity index (χ0) is 42.2. The van der Waals surface area contributed by atoms with E-state index in [4.69, 9.17) is 5.73 Å². The number of sulfone groups is 1. The molecule has 0 bridgehead atoms. The molecule has 3 atom stereocenters. The Kier molecular flexibility index (Phi) is 12.5. The number of nitrogens with one attached hydrogen (secondary N) is 2. The van der Waals surface area contributed by atoms with Crippen LogP contribution >= 0.6 is 0 Å². The van der Waals surface area contributed by atoms with Crippen LogP contribution in [0.25, 0.3) is 0 Å². The number of aromatic nitrogens is 3. The fourth-order valence-corrected chi connectivity index (χ4v) is 11.8. The number of sulfonamides is 1. The molecule has 58 heavy (non-hydrogen) atoms. The van der Waals surface area contributed by atoms with Crippen molar-refractivity contribution in [2.24, 2.45) is 11.7 Å². The van der Waals surface area contributed by atoms with Gasteiger partial charge in [-0.15, -0.1) is 5.10 Å². The first-order valence-corrected chi connectivity index (χ1v) is 23.3. The van der Waals surface area contributed by atoms with Crippen LogP contribution in [0.2, 0.25) is 0 Å². The Morgan fingerprint density at radius 2 is 1.67 bits per heavy atom. The molecule has 0 spiro atoms. The summed E-state index contributed by atoms with van der Waals surface area (Å²) in [6.07, 6.45) is 6.92. The number of likely N-dealkylation sites (tertiary alicyclic amines) is 1. The highest BCUT2D eigenvalue weighted by molar-refractivity contribution is 7.91. The fraction of sp³-hybridized carbons (Fsp3) is 0.658. The Bertz CT molecular complexity index is 2110. The van der Waals surface area contributed by atoms with Gasteiger partial charge in [-0.05, 0) is 76.1 Å². The summed E-state index contributed by atoms with van der Waals surface area (Å²) in [5, 5.41) is 24.5. The fourth-order valence-electron chi connectivity index (χ4n) is 8.60. The molecule has 20 heteroatoms. The van der Waals surface area contributed by atoms with E-state index in [1.54, 1.807) is 6.92 Å². The van der Waals surface area contributed by atoms with Crippen molar-refractivity contribution in [3.05, 3.63) is 41.7 Å². The van der Waals surface area contributed by atoms with Crippen molar-refractivity contribution in [1.29, 1.82) is 0 Å². The third-order valence-corrected chi connectivity index (χ3v) is 15.7. The second kappa shape index (κ2) is 16.8. The molecule has 18 nitrogen and oxygen atoms in total. The van der Waals surface area contributed by atoms with Crippen molar-refractivity contribution in [3.8, 4) is 0 Å². The van der Waals surface area contributed by atoms with Gasteiger partial charge in [-0.1, -0.05) is 44.2 Å². The van der Waals surface area contributed by atoms with Crippen molar-refractivity contribution >= 4 is 49.3 Å². The third kappa shape index (κ3) is 9.29. The normalized spacial score (nSPS) is 22.9. The summed E-state index contributed by atoms with van der Waals surface area (Å²) in [5.41, 5.74) is 2.48. The summed E-state index contributed by atoms with van der Waals surface area (Å²) in [6.45, 7) is 5.04. The summed E-state index contributed by atoms with van der Waals surface area (Å²) in [7, 11) is -7.34. The van der Waals surface area contributed by atoms with E-state index in [1.165, 1.54) is 58.2 Å². The van der Waals surface area contributed by atoms with Gasteiger partial charge in [-0.3, -0.25) is 24.0 Å². The van der Waals surface area contributed by atoms with Gasteiger partial charge in [-0.2, -0.15) is 4.31 Å². The predicted molar refractivity (Wildman–Crippen MR) is 209 cm³/mol. The number of carbonyl (C=O) groups is 5. The second-order valence-corrected chi connectivity index (χ2v) is 20.9. The molecule has 2 aliphatic carbocycles. The van der Waals surface area contributed by atoms with Gasteiger partial charge >= 0.3 is 0 Å². The van der Waals surface area contributed by atoms with E-state index < -0.39 is 103 Å². The highest BCUT2D eigenvalue weighted by atomic mass is 32.2. The quantitative estimate of drug-likeness (QED) is 0.181. The van der Waals surface area contributed by atoms with Gasteiger partial charge in [-0.25, -0.2) is 21.5 Å². The van der Waals surface area contributed by atoms with E-state index in [-0.39, 0.29) is 41.8 Å². The van der Waals surface area contributed by atoms with Gasteiger partial charge in [0.2, 0.25) is 27.6 Å². The Hall–Kier alpha value is -4.27. The van der Waals surface area contributed by atoms with E-state index >= 15 is 0 Å². The number of nitrogens with zero attached hydrogens (tertiary/aromatic N) is 5. The number of Topliss-reactive ketones (excluding diaryl/α,β-unsaturated/α-hetero) is 1. The van der Waals surface area contributed by atoms with Gasteiger partial charge in [0.05, 0.1) is 34.3 Å². The van der Waals surface area contributed by atoms with Crippen LogP contribution in [0, 0.1) is 5.92 Å². The lowest BCUT2D eigenvalue weighted by Crippen LogP contribution is -2.64. The number of nitrogens with two attached hydrogens (primary N) is 1. The van der Waals surface area contributed by atoms with Crippen molar-refractivity contribution < 1.29 is 45.9 Å². The van der Waals surface area contributed by atoms with E-state index in [0.29, 0.717) is 12.2 Å². The van der Waals surface area contributed by atoms with E-state index in [2.05, 4.69) is 20.9 Å². The molecule has 318 valence electrons. The number of carbonyl (C=O) groups excluding carboxylic acids is 5. The summed E-state index contributed by atoms with van der Waals surface area (Å²) < 4.78 is 54.3. The maximum Gasteiger partial charge on any atom is 0.287 e. The molecule has 0 unspecified atom stereocenters. The number of hydrogen-bond acceptors (Lipinski definition) is 12. The first-order valence-electron chi connectivity index (χ1n) is 20.0. The lowest BCUT2D eigenvalue weighted by molar-refractivity contribution is -0.145. The Morgan fingerprint density at radius 1 is 1.03 bits per heavy atom. The summed E-state index contributed by atoms with van der Waals surface area (Å²) >= 11 is 0. The highest BCUT2D eigenvalue weighted by Crippen LogP contribution is 2.35. The standard InChI is InChI=1S/C38H54N8O10S2/c1-4-45(26-12-13-26)58(55,56)28-14-10-25(11-15-28)34(49)41-29(20-24-8-6-5-7-9-24)36(51)44-23-27(46-31(22-40-43-46)37(2,3)52)21-30(44)35(50)42-38(32(47)33(39)48)16-18-57(53,54)19-17-38/h10-11,14-15,22,24,26-27,29-30,52H,4-9,12-13,16-21,23H2,1-3H3,(H2,39,48)(H,41,49)(H,42,50)/t27-,29+,30-/m0/s1. The van der Waals surface area contributed by atoms with Crippen LogP contribution in [-0.2, 0) is 44.6 Å². The molecule has 2 aliphatic heterocycles. The smallest absolute Gasteiger partial charge is 0.287 e. The summed E-state index contributed by atoms with van der Waals surface area (Å²) in [6, 6.07) is 2.36. The van der Waals surface area contributed by atoms with Crippen LogP contribution < -0.4 is 16.4 Å². The number of rotatable bonds is 15. The Balaban J connectivity index is 1.31. The molecule has 6 rings (SSSR count). The zero-order valence-electron chi connectivity index (χ0n) is 33.1. The summed E-state index contributed by atoms with van der Waals surface area (Å²) in [5.74, 6) is -5.44. The zero-order valence-corrected chi connectivity index (χ0v) is 34.8. The average Bonchev–Trinajstić information content (AvgIpc) is 3.68. The molecule has 3 heterocycles. The second-order valence-electron chi connectivity index (χ2n) is 16.7. The molecule has 2 saturated heterocycles. The van der Waals surface area contributed by atoms with Gasteiger partial charge < -0.3 is 26.4 Å². The number of primary amides is 1. The van der Waals surface area contributed by atoms with Gasteiger partial charge in [0, 0.05) is 31.1 Å². The first-order chi connectivity index (χ1) is 27.3. The van der Waals surface area contributed by atoms with Crippen LogP contribution in [0.1, 0.15) is 113 Å². The Morgan fingerprint density at radius 3 is 2.24 bits per heavy atom. The topological polar surface area (TPSA) is 261 Å². The van der Waals surface area contributed by atoms with E-state index in [9.17, 15) is 45.9 Å². The monoisotopic (exact) mass is 846 g/mol. The molecule has 2 saturated carbocycles. The molecule has 1 aromatic carbocycles. The molecule has 5 N–H and O–H groups in total. The van der Waals surface area contributed by atoms with Crippen LogP contribution in [0.3, 0.4) is 0 Å². The minimum absolute atomic E-state index is 0.0418. The van der Waals surface area contributed by atoms with Crippen LogP contribution in [-0.4, -0.2) is 124 Å². The number of amides is 4. The van der Waals surface area contributed by atoms with Crippen LogP contribution in [0.4, 0.5) is 0 Å². The lowest BCUT2D eigenvalue weighted by Gasteiger charge is -2.37. The molecule has 4 aliphatic rings. The van der Waals surface area contributed by atoms with Crippen molar-refractivity contribution in [2.75, 3.05) is 24.6 Å². The van der Waals surface area contributed by atoms with Crippen molar-refractivity contribution in [1.82, 2.24) is 34.8 Å². The third-order valence-electron chi connectivity index (χ3n) is 12.0. The molecular formula is C38H54N8O10S2. The molecular weight excluding hydrogens is 793 g/mol. The van der Waals surface area contributed by atoms with Crippen molar-refractivity contribution in [3.63, 3.8) is 0 Å². The number of aliphatic hydroxyl groups is 1. The highest BCUT2D eigenvalue weighted by Gasteiger charge is 2.51. The van der Waals surface area contributed by atoms with Gasteiger partial charge in [0.1, 0.15) is 23.2 Å². The van der Waals surface area contributed by atoms with Gasteiger partial charge in [0.15, 0.2) is 9.84 Å². The molecule has 4 fully saturated rings. The lowest BCUT2D eigenvalue weighted by atomic mass is 9.84. The minimum Gasteiger partial charge on any atom is -0.384 e. The number of benzene rings is 1. The molecule has 2 aromatic rings. The van der Waals surface area contributed by atoms with Crippen molar-refractivity contribution in [2.45, 2.75) is 132 Å². The SMILES string of the molecule is CCN(C1CC1)S(=O)(=O)c1ccc(C(=O)N[C@H](CC2CCCCC2)C(=O)N2C[C@@H](n3nncc3C(C)(C)O)C[C@H]2C(=O)NC2(C(=O)C(N)=O)CCS(=O)(=O)CC2)cc1. The predicted octanol–water partition coefficient (Wildman–Crippen LogP) is 0.708. The largest absolute Gasteiger partial charge is 0.384 e. The van der Waals surface area contributed by atoms with Gasteiger partial charge in [0.25, 0.3) is 11.8 Å². The van der Waals surface area contributed by atoms with E-state index in [1.807, 2.05) is 0 Å². The summed E-state index contributed by atoms with van der Waals surface area (Å²) in [4.78, 5) is 70.0. The first kappa shape index (κ1) is 43.3. The number of ketones is 1. The van der Waals surface area contributed by atoms with Crippen LogP contribution in [0.5, 0.6) is 0 Å². The van der Waals surface area contributed by atoms with E-state index in [0.717, 1.165) is 44.9 Å². The maximum absolute atomic E-state index is 14.9. The minimum atomic E-state index is -3.78. The molecule has 1 aromatic heterocycles. The molecule has 0 radical (unpaired) electrons. The Labute approximate surface area is 338 Å². The molecule has 4 amide bonds. The van der Waals surface area contributed by atoms with Crippen LogP contribution in [0.15, 0.2) is 35.4 Å².